The first-order valence-electron chi connectivity index (χ1n) is 6.91. The second-order valence-electron chi connectivity index (χ2n) is 4.91. The molecule has 2 rings (SSSR count). The lowest BCUT2D eigenvalue weighted by molar-refractivity contribution is -0.123. The number of rotatable bonds is 6. The Hall–Kier alpha value is -1.55. The highest BCUT2D eigenvalue weighted by Crippen LogP contribution is 2.33. The fraction of sp³-hybridized carbons (Fsp3) is 0.533. The number of carbonyl (C=O) groups excluding carboxylic acids is 1. The Balaban J connectivity index is 1.82. The van der Waals surface area contributed by atoms with E-state index < -0.39 is 0 Å². The standard InChI is InChI=1S/C15H21NO3/c1-2-3-8-16-15(18)10-19-12-5-6-13-11(9-12)4-7-14(13)17/h5-6,9,14,17H,2-4,7-8,10H2,1H3,(H,16,18)/t14-/m0/s1. The predicted octanol–water partition coefficient (Wildman–Crippen LogP) is 1.96. The molecule has 0 spiro atoms. The average molecular weight is 263 g/mol. The van der Waals surface area contributed by atoms with Crippen LogP contribution in [0.25, 0.3) is 0 Å². The van der Waals surface area contributed by atoms with Crippen LogP contribution in [0.15, 0.2) is 18.2 Å². The lowest BCUT2D eigenvalue weighted by Crippen LogP contribution is -2.29. The summed E-state index contributed by atoms with van der Waals surface area (Å²) in [6.45, 7) is 2.84. The smallest absolute Gasteiger partial charge is 0.257 e. The Kier molecular flexibility index (Phi) is 4.80. The van der Waals surface area contributed by atoms with E-state index in [2.05, 4.69) is 12.2 Å². The number of amides is 1. The van der Waals surface area contributed by atoms with Gasteiger partial charge in [0.15, 0.2) is 6.61 Å². The third-order valence-electron chi connectivity index (χ3n) is 3.38. The molecule has 4 heteroatoms. The molecule has 0 bridgehead atoms. The Labute approximate surface area is 113 Å². The van der Waals surface area contributed by atoms with E-state index in [1.54, 1.807) is 0 Å². The summed E-state index contributed by atoms with van der Waals surface area (Å²) in [6, 6.07) is 5.62. The van der Waals surface area contributed by atoms with Crippen LogP contribution in [0.1, 0.15) is 43.4 Å². The Bertz CT molecular complexity index is 445. The second kappa shape index (κ2) is 6.57. The van der Waals surface area contributed by atoms with Crippen LogP contribution in [-0.4, -0.2) is 24.2 Å². The van der Waals surface area contributed by atoms with Gasteiger partial charge >= 0.3 is 0 Å². The number of aryl methyl sites for hydroxylation is 1. The van der Waals surface area contributed by atoms with Crippen LogP contribution in [0.4, 0.5) is 0 Å². The molecule has 104 valence electrons. The molecule has 1 aromatic rings. The van der Waals surface area contributed by atoms with E-state index in [-0.39, 0.29) is 18.6 Å². The molecule has 0 aromatic heterocycles. The molecule has 2 N–H and O–H groups in total. The fourth-order valence-corrected chi connectivity index (χ4v) is 2.27. The SMILES string of the molecule is CCCCNC(=O)COc1ccc2c(c1)CC[C@@H]2O. The molecule has 1 amide bonds. The summed E-state index contributed by atoms with van der Waals surface area (Å²) < 4.78 is 5.47. The van der Waals surface area contributed by atoms with Crippen molar-refractivity contribution in [2.24, 2.45) is 0 Å². The number of hydrogen-bond donors (Lipinski definition) is 2. The van der Waals surface area contributed by atoms with Gasteiger partial charge in [-0.05, 0) is 42.5 Å². The molecule has 0 aliphatic heterocycles. The van der Waals surface area contributed by atoms with E-state index in [0.29, 0.717) is 12.3 Å². The van der Waals surface area contributed by atoms with E-state index in [1.165, 1.54) is 0 Å². The highest BCUT2D eigenvalue weighted by atomic mass is 16.5. The molecule has 0 saturated heterocycles. The number of hydrogen-bond acceptors (Lipinski definition) is 3. The minimum absolute atomic E-state index is 0.0467. The van der Waals surface area contributed by atoms with Crippen molar-refractivity contribution in [3.63, 3.8) is 0 Å². The fourth-order valence-electron chi connectivity index (χ4n) is 2.27. The van der Waals surface area contributed by atoms with Gasteiger partial charge in [-0.25, -0.2) is 0 Å². The Morgan fingerprint density at radius 3 is 3.16 bits per heavy atom. The zero-order valence-electron chi connectivity index (χ0n) is 11.3. The van der Waals surface area contributed by atoms with Crippen LogP contribution in [0.2, 0.25) is 0 Å². The monoisotopic (exact) mass is 263 g/mol. The zero-order valence-corrected chi connectivity index (χ0v) is 11.3. The van der Waals surface area contributed by atoms with Gasteiger partial charge in [-0.3, -0.25) is 4.79 Å². The molecule has 1 aliphatic rings. The van der Waals surface area contributed by atoms with Gasteiger partial charge in [0.1, 0.15) is 5.75 Å². The Morgan fingerprint density at radius 1 is 1.53 bits per heavy atom. The maximum absolute atomic E-state index is 11.5. The maximum atomic E-state index is 11.5. The molecule has 4 nitrogen and oxygen atoms in total. The van der Waals surface area contributed by atoms with E-state index >= 15 is 0 Å². The first kappa shape index (κ1) is 13.9. The molecule has 1 aromatic carbocycles. The van der Waals surface area contributed by atoms with E-state index in [0.717, 1.165) is 36.8 Å². The quantitative estimate of drug-likeness (QED) is 0.771. The van der Waals surface area contributed by atoms with Gasteiger partial charge in [0.25, 0.3) is 5.91 Å². The molecule has 19 heavy (non-hydrogen) atoms. The van der Waals surface area contributed by atoms with Crippen LogP contribution in [-0.2, 0) is 11.2 Å². The summed E-state index contributed by atoms with van der Waals surface area (Å²) >= 11 is 0. The number of fused-ring (bicyclic) bond motifs is 1. The van der Waals surface area contributed by atoms with E-state index in [1.807, 2.05) is 18.2 Å². The van der Waals surface area contributed by atoms with Crippen molar-refractivity contribution < 1.29 is 14.6 Å². The summed E-state index contributed by atoms with van der Waals surface area (Å²) in [6.07, 6.45) is 3.35. The van der Waals surface area contributed by atoms with E-state index in [4.69, 9.17) is 4.74 Å². The zero-order chi connectivity index (χ0) is 13.7. The van der Waals surface area contributed by atoms with Gasteiger partial charge in [-0.1, -0.05) is 19.4 Å². The third kappa shape index (κ3) is 3.70. The third-order valence-corrected chi connectivity index (χ3v) is 3.38. The lowest BCUT2D eigenvalue weighted by atomic mass is 10.1. The number of benzene rings is 1. The highest BCUT2D eigenvalue weighted by molar-refractivity contribution is 5.77. The van der Waals surface area contributed by atoms with Crippen molar-refractivity contribution in [1.82, 2.24) is 5.32 Å². The molecule has 1 atom stereocenters. The number of carbonyl (C=O) groups is 1. The van der Waals surface area contributed by atoms with Crippen LogP contribution < -0.4 is 10.1 Å². The van der Waals surface area contributed by atoms with Gasteiger partial charge in [0.05, 0.1) is 6.10 Å². The number of unbranched alkanes of at least 4 members (excludes halogenated alkanes) is 1. The van der Waals surface area contributed by atoms with Gasteiger partial charge in [0, 0.05) is 6.54 Å². The molecule has 1 aliphatic carbocycles. The second-order valence-corrected chi connectivity index (χ2v) is 4.91. The molecule has 0 fully saturated rings. The highest BCUT2D eigenvalue weighted by Gasteiger charge is 2.20. The van der Waals surface area contributed by atoms with Crippen molar-refractivity contribution in [2.45, 2.75) is 38.7 Å². The largest absolute Gasteiger partial charge is 0.484 e. The average Bonchev–Trinajstić information content (AvgIpc) is 2.78. The summed E-state index contributed by atoms with van der Waals surface area (Å²) in [5, 5.41) is 12.5. The van der Waals surface area contributed by atoms with Crippen LogP contribution in [0.5, 0.6) is 5.75 Å². The normalized spacial score (nSPS) is 17.1. The van der Waals surface area contributed by atoms with Crippen LogP contribution in [0, 0.1) is 0 Å². The van der Waals surface area contributed by atoms with Crippen molar-refractivity contribution in [3.05, 3.63) is 29.3 Å². The molecule has 0 heterocycles. The molecular weight excluding hydrogens is 242 g/mol. The van der Waals surface area contributed by atoms with E-state index in [9.17, 15) is 9.90 Å². The lowest BCUT2D eigenvalue weighted by Gasteiger charge is -2.09. The molecule has 0 radical (unpaired) electrons. The van der Waals surface area contributed by atoms with Crippen molar-refractivity contribution in [2.75, 3.05) is 13.2 Å². The van der Waals surface area contributed by atoms with Gasteiger partial charge < -0.3 is 15.2 Å². The van der Waals surface area contributed by atoms with Gasteiger partial charge in [0.2, 0.25) is 0 Å². The molecular formula is C15H21NO3. The number of ether oxygens (including phenoxy) is 1. The predicted molar refractivity (Wildman–Crippen MR) is 73.1 cm³/mol. The first-order chi connectivity index (χ1) is 9.20. The number of aliphatic hydroxyl groups excluding tert-OH is 1. The van der Waals surface area contributed by atoms with Crippen LogP contribution in [0.3, 0.4) is 0 Å². The first-order valence-corrected chi connectivity index (χ1v) is 6.91. The van der Waals surface area contributed by atoms with Gasteiger partial charge in [-0.15, -0.1) is 0 Å². The molecule has 0 unspecified atom stereocenters. The maximum Gasteiger partial charge on any atom is 0.257 e. The Morgan fingerprint density at radius 2 is 2.37 bits per heavy atom. The minimum Gasteiger partial charge on any atom is -0.484 e. The van der Waals surface area contributed by atoms with Gasteiger partial charge in [-0.2, -0.15) is 0 Å². The summed E-state index contributed by atoms with van der Waals surface area (Å²) in [7, 11) is 0. The summed E-state index contributed by atoms with van der Waals surface area (Å²) in [5.41, 5.74) is 2.11. The van der Waals surface area contributed by atoms with Crippen molar-refractivity contribution >= 4 is 5.91 Å². The topological polar surface area (TPSA) is 58.6 Å². The number of nitrogens with one attached hydrogen (secondary N) is 1. The van der Waals surface area contributed by atoms with Crippen molar-refractivity contribution in [1.29, 1.82) is 0 Å². The van der Waals surface area contributed by atoms with Crippen molar-refractivity contribution in [3.8, 4) is 5.75 Å². The number of aliphatic hydroxyl groups is 1. The minimum atomic E-state index is -0.346. The summed E-state index contributed by atoms with van der Waals surface area (Å²) in [4.78, 5) is 11.5. The molecule has 0 saturated carbocycles. The summed E-state index contributed by atoms with van der Waals surface area (Å²) in [5.74, 6) is 0.604. The van der Waals surface area contributed by atoms with Crippen LogP contribution >= 0.6 is 0 Å².